The molecule has 6 nitrogen and oxygen atoms in total. The minimum Gasteiger partial charge on any atom is -0.467 e. The molecule has 1 N–H and O–H groups in total. The highest BCUT2D eigenvalue weighted by molar-refractivity contribution is 5.92. The number of ether oxygens (including phenoxy) is 1. The average Bonchev–Trinajstić information content (AvgIpc) is 2.78. The van der Waals surface area contributed by atoms with Crippen LogP contribution in [0.3, 0.4) is 0 Å². The second-order valence-corrected chi connectivity index (χ2v) is 7.91. The van der Waals surface area contributed by atoms with E-state index >= 15 is 0 Å². The molecule has 0 saturated heterocycles. The number of pyridine rings is 1. The van der Waals surface area contributed by atoms with Crippen molar-refractivity contribution >= 4 is 22.5 Å². The van der Waals surface area contributed by atoms with E-state index < -0.39 is 0 Å². The Balaban J connectivity index is 1.39. The van der Waals surface area contributed by atoms with Gasteiger partial charge in [-0.25, -0.2) is 14.4 Å². The van der Waals surface area contributed by atoms with Gasteiger partial charge in [-0.3, -0.25) is 9.78 Å². The zero-order valence-electron chi connectivity index (χ0n) is 17.1. The maximum Gasteiger partial charge on any atom is 0.316 e. The van der Waals surface area contributed by atoms with Crippen molar-refractivity contribution < 1.29 is 13.9 Å². The largest absolute Gasteiger partial charge is 0.467 e. The van der Waals surface area contributed by atoms with Crippen molar-refractivity contribution in [2.24, 2.45) is 11.8 Å². The standard InChI is InChI=1S/C23H25FN4O2/c1-14(22(29)28-18-12-26-23(30-2)27-13-18)15-3-5-16(6-4-15)19-9-10-25-21-8-7-17(24)11-20(19)21/h7-16H,3-6H2,1-2H3,(H,28,29)/t14-,15?,16?/m1/s1. The summed E-state index contributed by atoms with van der Waals surface area (Å²) < 4.78 is 18.7. The number of hydrogen-bond acceptors (Lipinski definition) is 5. The van der Waals surface area contributed by atoms with Crippen LogP contribution in [0.15, 0.2) is 42.9 Å². The highest BCUT2D eigenvalue weighted by Gasteiger charge is 2.30. The number of rotatable bonds is 5. The van der Waals surface area contributed by atoms with E-state index in [4.69, 9.17) is 4.74 Å². The fourth-order valence-corrected chi connectivity index (χ4v) is 4.38. The van der Waals surface area contributed by atoms with Crippen LogP contribution in [0.25, 0.3) is 10.9 Å². The summed E-state index contributed by atoms with van der Waals surface area (Å²) in [5, 5.41) is 3.79. The van der Waals surface area contributed by atoms with Crippen molar-refractivity contribution in [3.05, 3.63) is 54.2 Å². The first-order chi connectivity index (χ1) is 14.5. The van der Waals surface area contributed by atoms with E-state index in [1.54, 1.807) is 30.7 Å². The molecule has 1 saturated carbocycles. The lowest BCUT2D eigenvalue weighted by molar-refractivity contribution is -0.121. The summed E-state index contributed by atoms with van der Waals surface area (Å²) in [7, 11) is 1.50. The number of carbonyl (C=O) groups is 1. The Bertz CT molecular complexity index is 1030. The van der Waals surface area contributed by atoms with Crippen LogP contribution in [0.5, 0.6) is 6.01 Å². The van der Waals surface area contributed by atoms with E-state index in [9.17, 15) is 9.18 Å². The number of aromatic nitrogens is 3. The van der Waals surface area contributed by atoms with Gasteiger partial charge in [-0.05, 0) is 67.3 Å². The molecule has 0 aliphatic heterocycles. The van der Waals surface area contributed by atoms with Crippen LogP contribution < -0.4 is 10.1 Å². The van der Waals surface area contributed by atoms with Crippen LogP contribution >= 0.6 is 0 Å². The molecule has 2 aromatic heterocycles. The fraction of sp³-hybridized carbons (Fsp3) is 0.391. The quantitative estimate of drug-likeness (QED) is 0.661. The van der Waals surface area contributed by atoms with E-state index in [0.717, 1.165) is 42.1 Å². The minimum atomic E-state index is -0.238. The summed E-state index contributed by atoms with van der Waals surface area (Å²) in [6, 6.07) is 7.03. The van der Waals surface area contributed by atoms with Crippen molar-refractivity contribution in [2.45, 2.75) is 38.5 Å². The summed E-state index contributed by atoms with van der Waals surface area (Å²) >= 11 is 0. The van der Waals surface area contributed by atoms with Crippen molar-refractivity contribution in [1.82, 2.24) is 15.0 Å². The highest BCUT2D eigenvalue weighted by Crippen LogP contribution is 2.41. The Morgan fingerprint density at radius 1 is 1.13 bits per heavy atom. The van der Waals surface area contributed by atoms with E-state index in [1.807, 2.05) is 13.0 Å². The van der Waals surface area contributed by atoms with Crippen LogP contribution in [0.1, 0.15) is 44.1 Å². The molecule has 1 fully saturated rings. The molecule has 0 unspecified atom stereocenters. The van der Waals surface area contributed by atoms with E-state index in [-0.39, 0.29) is 23.7 Å². The molecule has 156 valence electrons. The van der Waals surface area contributed by atoms with Gasteiger partial charge in [-0.15, -0.1) is 0 Å². The molecule has 0 bridgehead atoms. The molecule has 30 heavy (non-hydrogen) atoms. The highest BCUT2D eigenvalue weighted by atomic mass is 19.1. The summed E-state index contributed by atoms with van der Waals surface area (Å²) in [5.74, 6) is 0.297. The van der Waals surface area contributed by atoms with Gasteiger partial charge in [-0.2, -0.15) is 0 Å². The number of carbonyl (C=O) groups excluding carboxylic acids is 1. The van der Waals surface area contributed by atoms with Crippen molar-refractivity contribution in [1.29, 1.82) is 0 Å². The molecule has 4 rings (SSSR count). The van der Waals surface area contributed by atoms with E-state index in [0.29, 0.717) is 17.5 Å². The molecule has 3 aromatic rings. The molecule has 1 atom stereocenters. The van der Waals surface area contributed by atoms with Crippen LogP contribution in [-0.4, -0.2) is 28.0 Å². The summed E-state index contributed by atoms with van der Waals surface area (Å²) in [5.41, 5.74) is 2.54. The first kappa shape index (κ1) is 20.2. The maximum absolute atomic E-state index is 13.8. The summed E-state index contributed by atoms with van der Waals surface area (Å²) in [4.78, 5) is 25.1. The molecule has 1 aromatic carbocycles. The third-order valence-corrected chi connectivity index (χ3v) is 6.15. The third kappa shape index (κ3) is 4.25. The van der Waals surface area contributed by atoms with Gasteiger partial charge in [0.25, 0.3) is 0 Å². The van der Waals surface area contributed by atoms with Gasteiger partial charge < -0.3 is 10.1 Å². The lowest BCUT2D eigenvalue weighted by atomic mass is 9.73. The number of benzene rings is 1. The predicted octanol–water partition coefficient (Wildman–Crippen LogP) is 4.72. The van der Waals surface area contributed by atoms with Gasteiger partial charge in [0.15, 0.2) is 0 Å². The predicted molar refractivity (Wildman–Crippen MR) is 113 cm³/mol. The van der Waals surface area contributed by atoms with E-state index in [2.05, 4.69) is 20.3 Å². The number of nitrogens with zero attached hydrogens (tertiary/aromatic N) is 3. The topological polar surface area (TPSA) is 77.0 Å². The number of halogens is 1. The first-order valence-electron chi connectivity index (χ1n) is 10.3. The Kier molecular flexibility index (Phi) is 5.88. The molecular weight excluding hydrogens is 383 g/mol. The zero-order valence-corrected chi connectivity index (χ0v) is 17.1. The maximum atomic E-state index is 13.8. The summed E-state index contributed by atoms with van der Waals surface area (Å²) in [6.07, 6.45) is 8.75. The van der Waals surface area contributed by atoms with Crippen LogP contribution in [0.2, 0.25) is 0 Å². The second-order valence-electron chi connectivity index (χ2n) is 7.91. The van der Waals surface area contributed by atoms with E-state index in [1.165, 1.54) is 13.2 Å². The number of fused-ring (bicyclic) bond motifs is 1. The van der Waals surface area contributed by atoms with Gasteiger partial charge in [0.1, 0.15) is 5.82 Å². The van der Waals surface area contributed by atoms with Crippen LogP contribution in [0.4, 0.5) is 10.1 Å². The van der Waals surface area contributed by atoms with Gasteiger partial charge in [0.2, 0.25) is 5.91 Å². The molecule has 1 aliphatic rings. The first-order valence-corrected chi connectivity index (χ1v) is 10.3. The molecular formula is C23H25FN4O2. The molecule has 0 spiro atoms. The van der Waals surface area contributed by atoms with Crippen molar-refractivity contribution in [3.8, 4) is 6.01 Å². The van der Waals surface area contributed by atoms with Crippen LogP contribution in [-0.2, 0) is 4.79 Å². The van der Waals surface area contributed by atoms with Gasteiger partial charge in [0, 0.05) is 17.5 Å². The second kappa shape index (κ2) is 8.73. The van der Waals surface area contributed by atoms with Crippen LogP contribution in [0, 0.1) is 17.7 Å². The minimum absolute atomic E-state index is 0.0244. The Hall–Kier alpha value is -3.09. The van der Waals surface area contributed by atoms with Crippen molar-refractivity contribution in [2.75, 3.05) is 12.4 Å². The van der Waals surface area contributed by atoms with Gasteiger partial charge >= 0.3 is 6.01 Å². The lowest BCUT2D eigenvalue weighted by Crippen LogP contribution is -2.29. The summed E-state index contributed by atoms with van der Waals surface area (Å²) in [6.45, 7) is 1.97. The number of hydrogen-bond donors (Lipinski definition) is 1. The smallest absolute Gasteiger partial charge is 0.316 e. The molecule has 7 heteroatoms. The number of amides is 1. The Morgan fingerprint density at radius 3 is 2.57 bits per heavy atom. The lowest BCUT2D eigenvalue weighted by Gasteiger charge is -2.32. The fourth-order valence-electron chi connectivity index (χ4n) is 4.38. The Labute approximate surface area is 174 Å². The number of methoxy groups -OCH3 is 1. The molecule has 1 aliphatic carbocycles. The van der Waals surface area contributed by atoms with Gasteiger partial charge in [0.05, 0.1) is 30.7 Å². The monoisotopic (exact) mass is 408 g/mol. The van der Waals surface area contributed by atoms with Crippen molar-refractivity contribution in [3.63, 3.8) is 0 Å². The zero-order chi connectivity index (χ0) is 21.1. The Morgan fingerprint density at radius 2 is 1.87 bits per heavy atom. The van der Waals surface area contributed by atoms with Gasteiger partial charge in [-0.1, -0.05) is 6.92 Å². The SMILES string of the molecule is COc1ncc(NC(=O)[C@H](C)C2CCC(c3ccnc4ccc(F)cc34)CC2)cn1. The average molecular weight is 408 g/mol. The third-order valence-electron chi connectivity index (χ3n) is 6.15. The number of anilines is 1. The molecule has 0 radical (unpaired) electrons. The molecule has 2 heterocycles. The number of nitrogens with one attached hydrogen (secondary N) is 1. The normalized spacial score (nSPS) is 20.0. The molecule has 1 amide bonds.